The van der Waals surface area contributed by atoms with Crippen molar-refractivity contribution in [3.05, 3.63) is 130 Å². The number of carboxylic acid groups (broad SMARTS) is 1. The lowest BCUT2D eigenvalue weighted by Gasteiger charge is -2.15. The van der Waals surface area contributed by atoms with E-state index in [0.29, 0.717) is 30.3 Å². The Labute approximate surface area is 347 Å². The van der Waals surface area contributed by atoms with E-state index in [2.05, 4.69) is 74.7 Å². The van der Waals surface area contributed by atoms with Gasteiger partial charge in [-0.15, -0.1) is 0 Å². The Bertz CT molecular complexity index is 2240. The number of amides is 1. The largest absolute Gasteiger partial charge is 0.476 e. The molecule has 59 heavy (non-hydrogen) atoms. The minimum atomic E-state index is -1.09. The van der Waals surface area contributed by atoms with Crippen LogP contribution >= 0.6 is 0 Å². The van der Waals surface area contributed by atoms with Crippen LogP contribution in [-0.2, 0) is 50.2 Å². The molecule has 4 aromatic heterocycles. The number of aromatic carboxylic acids is 1. The lowest BCUT2D eigenvalue weighted by atomic mass is 10.1. The van der Waals surface area contributed by atoms with Gasteiger partial charge in [-0.2, -0.15) is 20.4 Å². The van der Waals surface area contributed by atoms with Crippen LogP contribution in [-0.4, -0.2) is 71.2 Å². The summed E-state index contributed by atoms with van der Waals surface area (Å²) >= 11 is 0. The number of anilines is 2. The number of aromatic amines is 1. The van der Waals surface area contributed by atoms with Crippen LogP contribution in [0.5, 0.6) is 0 Å². The minimum Gasteiger partial charge on any atom is -0.476 e. The number of aryl methyl sites for hydroxylation is 1. The van der Waals surface area contributed by atoms with Gasteiger partial charge < -0.3 is 20.9 Å². The van der Waals surface area contributed by atoms with Crippen molar-refractivity contribution in [2.45, 2.75) is 110 Å². The second-order valence-electron chi connectivity index (χ2n) is 16.4. The number of nitrogens with two attached hydrogens (primary N) is 1. The van der Waals surface area contributed by atoms with Crippen molar-refractivity contribution in [1.29, 1.82) is 0 Å². The fraction of sp³-hybridized carbons (Fsp3) is 0.409. The summed E-state index contributed by atoms with van der Waals surface area (Å²) in [6, 6.07) is 21.4. The van der Waals surface area contributed by atoms with Crippen molar-refractivity contribution in [2.75, 3.05) is 17.7 Å². The number of aromatic nitrogens is 8. The molecular formula is C44H58N10O4Si. The predicted octanol–water partition coefficient (Wildman–Crippen LogP) is 7.85. The first kappa shape index (κ1) is 42.8. The second kappa shape index (κ2) is 20.8. The first-order valence-electron chi connectivity index (χ1n) is 20.7. The predicted molar refractivity (Wildman–Crippen MR) is 232 cm³/mol. The molecule has 2 aliphatic rings. The molecule has 0 fully saturated rings. The van der Waals surface area contributed by atoms with E-state index in [0.717, 1.165) is 99.5 Å². The highest BCUT2D eigenvalue weighted by atomic mass is 28.3. The molecule has 15 heteroatoms. The molecule has 0 saturated heterocycles. The van der Waals surface area contributed by atoms with Gasteiger partial charge in [0.1, 0.15) is 6.73 Å². The van der Waals surface area contributed by atoms with E-state index in [9.17, 15) is 14.7 Å². The van der Waals surface area contributed by atoms with Crippen molar-refractivity contribution in [3.8, 4) is 0 Å². The Morgan fingerprint density at radius 1 is 0.797 bits per heavy atom. The molecule has 0 unspecified atom stereocenters. The molecule has 2 aliphatic carbocycles. The lowest BCUT2D eigenvalue weighted by Crippen LogP contribution is -2.22. The topological polar surface area (TPSA) is 184 Å². The number of carboxylic acids is 1. The number of nitrogens with zero attached hydrogens (tertiary/aromatic N) is 7. The number of nitrogen functional groups attached to an aromatic ring is 1. The molecule has 1 amide bonds. The molecule has 2 aromatic carbocycles. The highest BCUT2D eigenvalue weighted by Crippen LogP contribution is 2.25. The maximum atomic E-state index is 12.6. The molecule has 0 radical (unpaired) electrons. The van der Waals surface area contributed by atoms with Gasteiger partial charge >= 0.3 is 5.97 Å². The van der Waals surface area contributed by atoms with Gasteiger partial charge in [0.05, 0.1) is 36.9 Å². The first-order chi connectivity index (χ1) is 28.5. The van der Waals surface area contributed by atoms with Crippen LogP contribution in [0.15, 0.2) is 85.5 Å². The minimum absolute atomic E-state index is 0.168. The summed E-state index contributed by atoms with van der Waals surface area (Å²) in [5.41, 5.74) is 14.3. The van der Waals surface area contributed by atoms with Crippen LogP contribution in [0.2, 0.25) is 25.7 Å². The maximum absolute atomic E-state index is 12.6. The number of carbonyl (C=O) groups is 2. The van der Waals surface area contributed by atoms with Crippen LogP contribution in [0.4, 0.5) is 11.4 Å². The fourth-order valence-corrected chi connectivity index (χ4v) is 7.97. The number of benzene rings is 2. The van der Waals surface area contributed by atoms with Crippen molar-refractivity contribution in [2.24, 2.45) is 0 Å². The Kier molecular flexibility index (Phi) is 15.1. The average Bonchev–Trinajstić information content (AvgIpc) is 3.94. The Morgan fingerprint density at radius 3 is 2.03 bits per heavy atom. The molecule has 14 nitrogen and oxygen atoms in total. The van der Waals surface area contributed by atoms with Gasteiger partial charge in [-0.3, -0.25) is 19.3 Å². The van der Waals surface area contributed by atoms with Gasteiger partial charge in [-0.05, 0) is 68.5 Å². The Hall–Kier alpha value is -5.80. The second-order valence-corrected chi connectivity index (χ2v) is 22.0. The molecule has 0 atom stereocenters. The van der Waals surface area contributed by atoms with Crippen LogP contribution in [0, 0.1) is 0 Å². The summed E-state index contributed by atoms with van der Waals surface area (Å²) in [5.74, 6) is -1.09. The zero-order valence-corrected chi connectivity index (χ0v) is 35.6. The van der Waals surface area contributed by atoms with E-state index < -0.39 is 14.0 Å². The number of H-pyrrole nitrogens is 1. The molecule has 4 heterocycles. The molecule has 6 aromatic rings. The highest BCUT2D eigenvalue weighted by Gasteiger charge is 2.24. The molecule has 8 rings (SSSR count). The summed E-state index contributed by atoms with van der Waals surface area (Å²) in [4.78, 5) is 23.9. The van der Waals surface area contributed by atoms with Crippen LogP contribution in [0.1, 0.15) is 93.1 Å². The van der Waals surface area contributed by atoms with Gasteiger partial charge in [0.15, 0.2) is 11.4 Å². The van der Waals surface area contributed by atoms with E-state index in [1.807, 2.05) is 58.2 Å². The van der Waals surface area contributed by atoms with E-state index in [1.54, 1.807) is 17.1 Å². The van der Waals surface area contributed by atoms with Crippen molar-refractivity contribution in [1.82, 2.24) is 39.5 Å². The quantitative estimate of drug-likeness (QED) is 0.0543. The summed E-state index contributed by atoms with van der Waals surface area (Å²) in [6.07, 6.45) is 17.4. The average molecular weight is 819 g/mol. The summed E-state index contributed by atoms with van der Waals surface area (Å²) in [7, 11) is -1.09. The van der Waals surface area contributed by atoms with E-state index >= 15 is 0 Å². The van der Waals surface area contributed by atoms with Gasteiger partial charge in [0, 0.05) is 49.6 Å². The SMILES string of the molecule is C[Si](C)(C)CCOCn1nc(C(=O)O)c2c1CCCCC2.Nc1cnn(Cc2ccccc2)c1.O=C(Nc1cnn(Cc2ccccc2)c1)c1n[nH]c2c1CCCCC2. The summed E-state index contributed by atoms with van der Waals surface area (Å²) in [5, 5.41) is 32.2. The molecule has 0 aliphatic heterocycles. The van der Waals surface area contributed by atoms with Crippen molar-refractivity contribution >= 4 is 31.3 Å². The normalized spacial score (nSPS) is 13.7. The third kappa shape index (κ3) is 12.8. The van der Waals surface area contributed by atoms with Crippen molar-refractivity contribution in [3.63, 3.8) is 0 Å². The molecule has 312 valence electrons. The smallest absolute Gasteiger partial charge is 0.356 e. The van der Waals surface area contributed by atoms with Crippen LogP contribution in [0.25, 0.3) is 0 Å². The third-order valence-electron chi connectivity index (χ3n) is 10.4. The first-order valence-corrected chi connectivity index (χ1v) is 24.4. The van der Waals surface area contributed by atoms with Gasteiger partial charge in [0.25, 0.3) is 5.91 Å². The standard InChI is InChI=1S/C19H21N5O.C15H26N2O3Si.C10H11N3/c25-19(18-16-9-5-2-6-10-17(16)22-23-18)21-15-11-20-24(13-15)12-14-7-3-1-4-8-14;1-21(2,3)10-9-20-11-17-13-8-6-4-5-7-12(13)14(16-17)15(18)19;11-10-6-12-13(8-10)7-9-4-2-1-3-5-9/h1,3-4,7-8,11,13H,2,5-6,9-10,12H2,(H,21,25)(H,22,23);4-11H2,1-3H3,(H,18,19);1-6,8H,7,11H2. The lowest BCUT2D eigenvalue weighted by molar-refractivity contribution is 0.0667. The highest BCUT2D eigenvalue weighted by molar-refractivity contribution is 6.76. The monoisotopic (exact) mass is 818 g/mol. The number of carbonyl (C=O) groups excluding carboxylic acids is 1. The molecule has 0 spiro atoms. The molecule has 0 bridgehead atoms. The summed E-state index contributed by atoms with van der Waals surface area (Å²) in [6.45, 7) is 9.51. The maximum Gasteiger partial charge on any atom is 0.356 e. The van der Waals surface area contributed by atoms with Crippen LogP contribution < -0.4 is 11.1 Å². The Balaban J connectivity index is 0.000000156. The number of rotatable bonds is 12. The Morgan fingerprint density at radius 2 is 1.41 bits per heavy atom. The zero-order valence-electron chi connectivity index (χ0n) is 34.6. The number of fused-ring (bicyclic) bond motifs is 2. The molecular weight excluding hydrogens is 761 g/mol. The van der Waals surface area contributed by atoms with Gasteiger partial charge in [0.2, 0.25) is 0 Å². The third-order valence-corrected chi connectivity index (χ3v) is 12.1. The fourth-order valence-electron chi connectivity index (χ4n) is 7.21. The molecule has 0 saturated carbocycles. The van der Waals surface area contributed by atoms with Gasteiger partial charge in [-0.25, -0.2) is 9.48 Å². The number of hydrogen-bond donors (Lipinski definition) is 4. The summed E-state index contributed by atoms with van der Waals surface area (Å²) < 4.78 is 11.1. The van der Waals surface area contributed by atoms with Gasteiger partial charge in [-0.1, -0.05) is 93.1 Å². The van der Waals surface area contributed by atoms with Crippen LogP contribution in [0.3, 0.4) is 0 Å². The van der Waals surface area contributed by atoms with Crippen molar-refractivity contribution < 1.29 is 19.4 Å². The zero-order chi connectivity index (χ0) is 41.6. The van der Waals surface area contributed by atoms with E-state index in [1.165, 1.54) is 17.5 Å². The van der Waals surface area contributed by atoms with E-state index in [-0.39, 0.29) is 11.6 Å². The number of ether oxygens (including phenoxy) is 1. The molecule has 5 N–H and O–H groups in total. The number of nitrogens with one attached hydrogen (secondary N) is 2. The van der Waals surface area contributed by atoms with E-state index in [4.69, 9.17) is 10.5 Å². The number of hydrogen-bond acceptors (Lipinski definition) is 8.